The summed E-state index contributed by atoms with van der Waals surface area (Å²) in [5, 5.41) is 35.6. The van der Waals surface area contributed by atoms with Crippen molar-refractivity contribution in [3.8, 4) is 0 Å². The molecular formula is C8H20N2O4. The smallest absolute Gasteiger partial charge is 0.0788 e. The Labute approximate surface area is 83.2 Å². The summed E-state index contributed by atoms with van der Waals surface area (Å²) in [4.78, 5) is 0. The second-order valence-electron chi connectivity index (χ2n) is 3.65. The van der Waals surface area contributed by atoms with Crippen molar-refractivity contribution in [3.63, 3.8) is 0 Å². The number of rotatable bonds is 7. The summed E-state index contributed by atoms with van der Waals surface area (Å²) >= 11 is 0. The molecule has 2 unspecified atom stereocenters. The Balaban J connectivity index is 4.16. The Kier molecular flexibility index (Phi) is 6.17. The third kappa shape index (κ3) is 4.85. The summed E-state index contributed by atoms with van der Waals surface area (Å²) in [6, 6.07) is 0. The van der Waals surface area contributed by atoms with Crippen LogP contribution >= 0.6 is 0 Å². The van der Waals surface area contributed by atoms with E-state index < -0.39 is 31.0 Å². The van der Waals surface area contributed by atoms with Crippen molar-refractivity contribution in [1.82, 2.24) is 0 Å². The second kappa shape index (κ2) is 6.28. The molecule has 0 aromatic heterocycles. The van der Waals surface area contributed by atoms with Crippen LogP contribution in [0.2, 0.25) is 0 Å². The Morgan fingerprint density at radius 2 is 1.36 bits per heavy atom. The van der Waals surface area contributed by atoms with E-state index in [1.54, 1.807) is 0 Å². The molecule has 0 bridgehead atoms. The monoisotopic (exact) mass is 208 g/mol. The van der Waals surface area contributed by atoms with Gasteiger partial charge in [-0.15, -0.1) is 0 Å². The third-order valence-electron chi connectivity index (χ3n) is 2.11. The van der Waals surface area contributed by atoms with E-state index in [1.807, 2.05) is 0 Å². The van der Waals surface area contributed by atoms with Crippen molar-refractivity contribution >= 4 is 0 Å². The van der Waals surface area contributed by atoms with Gasteiger partial charge in [-0.25, -0.2) is 0 Å². The molecule has 0 radical (unpaired) electrons. The highest BCUT2D eigenvalue weighted by Crippen LogP contribution is 2.15. The molecule has 0 saturated carbocycles. The predicted molar refractivity (Wildman–Crippen MR) is 51.4 cm³/mol. The third-order valence-corrected chi connectivity index (χ3v) is 2.11. The summed E-state index contributed by atoms with van der Waals surface area (Å²) in [6.07, 6.45) is -1.71. The standard InChI is InChI=1S/C8H20N2O4/c9-5-8(10,1-6(13)3-11)2-7(14)4-12/h6-7,11-14H,1-5,9-10H2. The largest absolute Gasteiger partial charge is 0.394 e. The molecule has 14 heavy (non-hydrogen) atoms. The van der Waals surface area contributed by atoms with Gasteiger partial charge in [0.05, 0.1) is 25.4 Å². The van der Waals surface area contributed by atoms with Crippen LogP contribution in [0.25, 0.3) is 0 Å². The Bertz CT molecular complexity index is 144. The van der Waals surface area contributed by atoms with E-state index in [-0.39, 0.29) is 19.4 Å². The molecule has 86 valence electrons. The fourth-order valence-electron chi connectivity index (χ4n) is 1.32. The SMILES string of the molecule is NCC(N)(CC(O)CO)CC(O)CO. The van der Waals surface area contributed by atoms with Crippen LogP contribution in [0.5, 0.6) is 0 Å². The van der Waals surface area contributed by atoms with Crippen molar-refractivity contribution in [2.45, 2.75) is 30.6 Å². The zero-order chi connectivity index (χ0) is 11.2. The zero-order valence-electron chi connectivity index (χ0n) is 8.13. The van der Waals surface area contributed by atoms with Crippen LogP contribution in [0.15, 0.2) is 0 Å². The summed E-state index contributed by atoms with van der Waals surface area (Å²) in [6.45, 7) is -0.719. The van der Waals surface area contributed by atoms with Gasteiger partial charge in [0.15, 0.2) is 0 Å². The fraction of sp³-hybridized carbons (Fsp3) is 1.00. The lowest BCUT2D eigenvalue weighted by Crippen LogP contribution is -2.52. The first-order valence-electron chi connectivity index (χ1n) is 4.54. The molecule has 0 aromatic rings. The average molecular weight is 208 g/mol. The molecule has 0 rings (SSSR count). The van der Waals surface area contributed by atoms with Crippen LogP contribution in [-0.2, 0) is 0 Å². The maximum atomic E-state index is 9.18. The molecule has 0 aliphatic heterocycles. The number of hydrogen-bond acceptors (Lipinski definition) is 6. The minimum absolute atomic E-state index is 0.0706. The van der Waals surface area contributed by atoms with Crippen LogP contribution in [0.4, 0.5) is 0 Å². The second-order valence-corrected chi connectivity index (χ2v) is 3.65. The highest BCUT2D eigenvalue weighted by atomic mass is 16.3. The molecule has 0 saturated heterocycles. The highest BCUT2D eigenvalue weighted by Gasteiger charge is 2.29. The lowest BCUT2D eigenvalue weighted by molar-refractivity contribution is 0.0367. The van der Waals surface area contributed by atoms with Gasteiger partial charge in [0.25, 0.3) is 0 Å². The van der Waals surface area contributed by atoms with Gasteiger partial charge in [0.2, 0.25) is 0 Å². The van der Waals surface area contributed by atoms with E-state index in [0.717, 1.165) is 0 Å². The van der Waals surface area contributed by atoms with Crippen LogP contribution in [0.1, 0.15) is 12.8 Å². The molecule has 0 fully saturated rings. The Morgan fingerprint density at radius 3 is 1.57 bits per heavy atom. The molecule has 0 spiro atoms. The molecule has 0 aromatic carbocycles. The molecule has 0 amide bonds. The van der Waals surface area contributed by atoms with E-state index in [4.69, 9.17) is 21.7 Å². The van der Waals surface area contributed by atoms with Gasteiger partial charge in [-0.3, -0.25) is 0 Å². The summed E-state index contributed by atoms with van der Waals surface area (Å²) in [5.74, 6) is 0. The Hall–Kier alpha value is -0.240. The van der Waals surface area contributed by atoms with Gasteiger partial charge in [-0.05, 0) is 12.8 Å². The molecule has 6 nitrogen and oxygen atoms in total. The van der Waals surface area contributed by atoms with Crippen molar-refractivity contribution in [2.24, 2.45) is 11.5 Å². The first kappa shape index (κ1) is 13.8. The van der Waals surface area contributed by atoms with Gasteiger partial charge < -0.3 is 31.9 Å². The minimum Gasteiger partial charge on any atom is -0.394 e. The molecule has 6 heteroatoms. The quantitative estimate of drug-likeness (QED) is 0.266. The lowest BCUT2D eigenvalue weighted by Gasteiger charge is -2.31. The number of aliphatic hydroxyl groups is 4. The fourth-order valence-corrected chi connectivity index (χ4v) is 1.32. The lowest BCUT2D eigenvalue weighted by atomic mass is 9.87. The maximum absolute atomic E-state index is 9.18. The van der Waals surface area contributed by atoms with Gasteiger partial charge >= 0.3 is 0 Å². The van der Waals surface area contributed by atoms with Gasteiger partial charge in [0.1, 0.15) is 0 Å². The molecule has 2 atom stereocenters. The molecule has 0 aliphatic rings. The maximum Gasteiger partial charge on any atom is 0.0788 e. The summed E-state index contributed by atoms with van der Waals surface area (Å²) < 4.78 is 0. The van der Waals surface area contributed by atoms with Gasteiger partial charge in [0, 0.05) is 12.1 Å². The van der Waals surface area contributed by atoms with E-state index in [0.29, 0.717) is 0 Å². The first-order valence-corrected chi connectivity index (χ1v) is 4.54. The van der Waals surface area contributed by atoms with Crippen molar-refractivity contribution in [2.75, 3.05) is 19.8 Å². The van der Waals surface area contributed by atoms with E-state index >= 15 is 0 Å². The number of aliphatic hydroxyl groups excluding tert-OH is 4. The van der Waals surface area contributed by atoms with E-state index in [1.165, 1.54) is 0 Å². The minimum atomic E-state index is -0.954. The molecule has 0 heterocycles. The van der Waals surface area contributed by atoms with Gasteiger partial charge in [-0.1, -0.05) is 0 Å². The van der Waals surface area contributed by atoms with Crippen LogP contribution in [0, 0.1) is 0 Å². The predicted octanol–water partition coefficient (Wildman–Crippen LogP) is -2.87. The summed E-state index contributed by atoms with van der Waals surface area (Å²) in [5.41, 5.74) is 10.2. The zero-order valence-corrected chi connectivity index (χ0v) is 8.13. The normalized spacial score (nSPS) is 20.1. The summed E-state index contributed by atoms with van der Waals surface area (Å²) in [7, 11) is 0. The van der Waals surface area contributed by atoms with E-state index in [2.05, 4.69) is 0 Å². The molecular weight excluding hydrogens is 188 g/mol. The van der Waals surface area contributed by atoms with Gasteiger partial charge in [-0.2, -0.15) is 0 Å². The van der Waals surface area contributed by atoms with Crippen molar-refractivity contribution in [1.29, 1.82) is 0 Å². The van der Waals surface area contributed by atoms with Crippen LogP contribution in [0.3, 0.4) is 0 Å². The number of nitrogens with two attached hydrogens (primary N) is 2. The first-order chi connectivity index (χ1) is 6.47. The number of hydrogen-bond donors (Lipinski definition) is 6. The molecule has 0 aliphatic carbocycles. The van der Waals surface area contributed by atoms with E-state index in [9.17, 15) is 10.2 Å². The highest BCUT2D eigenvalue weighted by molar-refractivity contribution is 4.89. The van der Waals surface area contributed by atoms with Crippen LogP contribution < -0.4 is 11.5 Å². The Morgan fingerprint density at radius 1 is 1.00 bits per heavy atom. The molecule has 8 N–H and O–H groups in total. The van der Waals surface area contributed by atoms with Crippen molar-refractivity contribution in [3.05, 3.63) is 0 Å². The topological polar surface area (TPSA) is 133 Å². The van der Waals surface area contributed by atoms with Crippen LogP contribution in [-0.4, -0.2) is 57.9 Å². The average Bonchev–Trinajstić information content (AvgIpc) is 2.17. The van der Waals surface area contributed by atoms with Crippen molar-refractivity contribution < 1.29 is 20.4 Å².